The first-order valence-corrected chi connectivity index (χ1v) is 7.51. The van der Waals surface area contributed by atoms with E-state index in [1.165, 1.54) is 38.5 Å². The van der Waals surface area contributed by atoms with Crippen molar-refractivity contribution in [2.75, 3.05) is 6.54 Å². The van der Waals surface area contributed by atoms with Gasteiger partial charge in [-0.2, -0.15) is 0 Å². The molecule has 0 aromatic heterocycles. The van der Waals surface area contributed by atoms with Crippen LogP contribution in [-0.2, 0) is 0 Å². The fourth-order valence-corrected chi connectivity index (χ4v) is 3.92. The summed E-state index contributed by atoms with van der Waals surface area (Å²) in [7, 11) is 0. The molecule has 1 N–H and O–H groups in total. The minimum atomic E-state index is 0.838. The predicted octanol–water partition coefficient (Wildman–Crippen LogP) is 3.84. The largest absolute Gasteiger partial charge is 0.314 e. The zero-order valence-electron chi connectivity index (χ0n) is 11.3. The smallest absolute Gasteiger partial charge is 0.0129 e. The maximum Gasteiger partial charge on any atom is 0.0129 e. The Morgan fingerprint density at radius 1 is 1.12 bits per heavy atom. The molecular weight excluding hydrogens is 194 g/mol. The molecule has 0 amide bonds. The molecule has 2 saturated carbocycles. The monoisotopic (exact) mass is 223 g/mol. The van der Waals surface area contributed by atoms with Crippen LogP contribution in [0.2, 0.25) is 0 Å². The third kappa shape index (κ3) is 2.61. The van der Waals surface area contributed by atoms with E-state index in [0.29, 0.717) is 0 Å². The molecule has 0 radical (unpaired) electrons. The first-order valence-electron chi connectivity index (χ1n) is 7.51. The van der Waals surface area contributed by atoms with Gasteiger partial charge < -0.3 is 5.32 Å². The standard InChI is InChI=1S/C15H29N/c1-4-12-8-6-7-9-13(12)15(16-5-2)14-10-11(14)3/h11-16H,4-10H2,1-3H3. The highest BCUT2D eigenvalue weighted by Gasteiger charge is 2.44. The van der Waals surface area contributed by atoms with Crippen LogP contribution in [0, 0.1) is 23.7 Å². The second kappa shape index (κ2) is 5.53. The third-order valence-electron chi connectivity index (χ3n) is 5.03. The van der Waals surface area contributed by atoms with Gasteiger partial charge in [-0.3, -0.25) is 0 Å². The highest BCUT2D eigenvalue weighted by atomic mass is 14.9. The van der Waals surface area contributed by atoms with Gasteiger partial charge in [0.1, 0.15) is 0 Å². The summed E-state index contributed by atoms with van der Waals surface area (Å²) in [6.45, 7) is 8.24. The summed E-state index contributed by atoms with van der Waals surface area (Å²) in [4.78, 5) is 0. The highest BCUT2D eigenvalue weighted by molar-refractivity contribution is 4.97. The lowest BCUT2D eigenvalue weighted by molar-refractivity contribution is 0.160. The van der Waals surface area contributed by atoms with Crippen LogP contribution < -0.4 is 5.32 Å². The van der Waals surface area contributed by atoms with E-state index in [1.54, 1.807) is 0 Å². The van der Waals surface area contributed by atoms with Crippen LogP contribution in [-0.4, -0.2) is 12.6 Å². The van der Waals surface area contributed by atoms with Gasteiger partial charge in [0, 0.05) is 6.04 Å². The fraction of sp³-hybridized carbons (Fsp3) is 1.00. The lowest BCUT2D eigenvalue weighted by Crippen LogP contribution is -2.43. The van der Waals surface area contributed by atoms with Crippen LogP contribution in [0.4, 0.5) is 0 Å². The van der Waals surface area contributed by atoms with E-state index in [9.17, 15) is 0 Å². The maximum atomic E-state index is 3.81. The van der Waals surface area contributed by atoms with E-state index < -0.39 is 0 Å². The van der Waals surface area contributed by atoms with E-state index in [2.05, 4.69) is 26.1 Å². The van der Waals surface area contributed by atoms with Gasteiger partial charge in [0.05, 0.1) is 0 Å². The average molecular weight is 223 g/mol. The third-order valence-corrected chi connectivity index (χ3v) is 5.03. The van der Waals surface area contributed by atoms with Gasteiger partial charge in [0.15, 0.2) is 0 Å². The molecule has 1 heteroatoms. The molecule has 16 heavy (non-hydrogen) atoms. The van der Waals surface area contributed by atoms with E-state index in [1.807, 2.05) is 0 Å². The zero-order chi connectivity index (χ0) is 11.5. The van der Waals surface area contributed by atoms with E-state index in [-0.39, 0.29) is 0 Å². The van der Waals surface area contributed by atoms with E-state index in [0.717, 1.165) is 36.3 Å². The van der Waals surface area contributed by atoms with Gasteiger partial charge in [-0.25, -0.2) is 0 Å². The quantitative estimate of drug-likeness (QED) is 0.747. The van der Waals surface area contributed by atoms with Crippen LogP contribution in [0.25, 0.3) is 0 Å². The van der Waals surface area contributed by atoms with Gasteiger partial charge >= 0.3 is 0 Å². The average Bonchev–Trinajstić information content (AvgIpc) is 3.03. The SMILES string of the molecule is CCNC(C1CC1C)C1CCCCC1CC. The first kappa shape index (κ1) is 12.4. The molecule has 5 atom stereocenters. The molecule has 94 valence electrons. The minimum absolute atomic E-state index is 0.838. The second-order valence-corrected chi connectivity index (χ2v) is 6.08. The molecule has 0 spiro atoms. The van der Waals surface area contributed by atoms with Crippen molar-refractivity contribution in [1.29, 1.82) is 0 Å². The molecule has 0 aliphatic heterocycles. The van der Waals surface area contributed by atoms with Crippen LogP contribution in [0.3, 0.4) is 0 Å². The van der Waals surface area contributed by atoms with Crippen molar-refractivity contribution in [1.82, 2.24) is 5.32 Å². The van der Waals surface area contributed by atoms with E-state index in [4.69, 9.17) is 0 Å². The summed E-state index contributed by atoms with van der Waals surface area (Å²) < 4.78 is 0. The van der Waals surface area contributed by atoms with Gasteiger partial charge in [0.25, 0.3) is 0 Å². The Morgan fingerprint density at radius 2 is 1.81 bits per heavy atom. The number of nitrogens with one attached hydrogen (secondary N) is 1. The van der Waals surface area contributed by atoms with Crippen LogP contribution in [0.1, 0.15) is 59.3 Å². The predicted molar refractivity (Wildman–Crippen MR) is 70.5 cm³/mol. The number of rotatable bonds is 5. The van der Waals surface area contributed by atoms with E-state index >= 15 is 0 Å². The number of hydrogen-bond donors (Lipinski definition) is 1. The molecule has 1 nitrogen and oxygen atoms in total. The van der Waals surface area contributed by atoms with Crippen LogP contribution in [0.5, 0.6) is 0 Å². The molecule has 0 saturated heterocycles. The van der Waals surface area contributed by atoms with Gasteiger partial charge in [-0.05, 0) is 43.1 Å². The van der Waals surface area contributed by atoms with Crippen molar-refractivity contribution >= 4 is 0 Å². The topological polar surface area (TPSA) is 12.0 Å². The summed E-state index contributed by atoms with van der Waals surface area (Å²) in [5, 5.41) is 3.81. The molecule has 2 rings (SSSR count). The molecule has 2 aliphatic rings. The van der Waals surface area contributed by atoms with Crippen molar-refractivity contribution in [3.8, 4) is 0 Å². The molecule has 5 unspecified atom stereocenters. The molecule has 0 bridgehead atoms. The maximum absolute atomic E-state index is 3.81. The molecular formula is C15H29N. The van der Waals surface area contributed by atoms with Crippen molar-refractivity contribution < 1.29 is 0 Å². The summed E-state index contributed by atoms with van der Waals surface area (Å²) in [5.41, 5.74) is 0. The van der Waals surface area contributed by atoms with Crippen molar-refractivity contribution in [2.45, 2.75) is 65.3 Å². The normalized spacial score (nSPS) is 40.7. The zero-order valence-corrected chi connectivity index (χ0v) is 11.3. The van der Waals surface area contributed by atoms with Crippen molar-refractivity contribution in [3.63, 3.8) is 0 Å². The minimum Gasteiger partial charge on any atom is -0.314 e. The van der Waals surface area contributed by atoms with Crippen molar-refractivity contribution in [3.05, 3.63) is 0 Å². The highest BCUT2D eigenvalue weighted by Crippen LogP contribution is 2.47. The Kier molecular flexibility index (Phi) is 4.29. The Labute approximate surface area is 101 Å². The van der Waals surface area contributed by atoms with Crippen molar-refractivity contribution in [2.24, 2.45) is 23.7 Å². The molecule has 0 aromatic rings. The first-order chi connectivity index (χ1) is 7.77. The molecule has 0 aromatic carbocycles. The molecule has 2 fully saturated rings. The number of hydrogen-bond acceptors (Lipinski definition) is 1. The Hall–Kier alpha value is -0.0400. The van der Waals surface area contributed by atoms with Crippen LogP contribution in [0.15, 0.2) is 0 Å². The summed E-state index contributed by atoms with van der Waals surface area (Å²) in [6.07, 6.45) is 8.81. The summed E-state index contributed by atoms with van der Waals surface area (Å²) in [6, 6.07) is 0.838. The summed E-state index contributed by atoms with van der Waals surface area (Å²) >= 11 is 0. The Bertz CT molecular complexity index is 211. The lowest BCUT2D eigenvalue weighted by atomic mass is 9.72. The van der Waals surface area contributed by atoms with Gasteiger partial charge in [0.2, 0.25) is 0 Å². The van der Waals surface area contributed by atoms with Gasteiger partial charge in [-0.15, -0.1) is 0 Å². The fourth-order valence-electron chi connectivity index (χ4n) is 3.92. The molecule has 2 aliphatic carbocycles. The Balaban J connectivity index is 1.99. The second-order valence-electron chi connectivity index (χ2n) is 6.08. The summed E-state index contributed by atoms with van der Waals surface area (Å²) in [5.74, 6) is 3.97. The molecule has 0 heterocycles. The van der Waals surface area contributed by atoms with Crippen LogP contribution >= 0.6 is 0 Å². The lowest BCUT2D eigenvalue weighted by Gasteiger charge is -2.37. The Morgan fingerprint density at radius 3 is 2.38 bits per heavy atom. The van der Waals surface area contributed by atoms with Gasteiger partial charge in [-0.1, -0.05) is 46.5 Å².